The predicted molar refractivity (Wildman–Crippen MR) is 52.3 cm³/mol. The molecule has 1 unspecified atom stereocenters. The lowest BCUT2D eigenvalue weighted by Crippen LogP contribution is -2.11. The molecular weight excluding hydrogens is 158 g/mol. The van der Waals surface area contributed by atoms with Gasteiger partial charge in [-0.2, -0.15) is 5.26 Å². The van der Waals surface area contributed by atoms with Crippen molar-refractivity contribution in [2.75, 3.05) is 0 Å². The van der Waals surface area contributed by atoms with Gasteiger partial charge < -0.3 is 0 Å². The van der Waals surface area contributed by atoms with Crippen LogP contribution in [0, 0.1) is 17.2 Å². The van der Waals surface area contributed by atoms with Gasteiger partial charge in [0.2, 0.25) is 0 Å². The molecule has 0 saturated carbocycles. The maximum Gasteiger partial charge on any atom is 0.0991 e. The molecule has 0 saturated heterocycles. The second-order valence-electron chi connectivity index (χ2n) is 3.94. The standard InChI is InChI=1S/C12H13N/c1-9-2-4-11-5-3-10(8-13)7-12(11)6-9/h3,5,7,9H,2,4,6H2,1H3. The molecule has 1 aromatic rings. The lowest BCUT2D eigenvalue weighted by Gasteiger charge is -2.21. The molecule has 0 spiro atoms. The third kappa shape index (κ3) is 1.58. The molecule has 0 radical (unpaired) electrons. The van der Waals surface area contributed by atoms with Crippen LogP contribution in [-0.4, -0.2) is 0 Å². The Morgan fingerprint density at radius 1 is 1.38 bits per heavy atom. The van der Waals surface area contributed by atoms with Crippen molar-refractivity contribution >= 4 is 0 Å². The SMILES string of the molecule is CC1CCc2ccc(C#N)cc2C1. The van der Waals surface area contributed by atoms with Gasteiger partial charge in [0.05, 0.1) is 11.6 Å². The summed E-state index contributed by atoms with van der Waals surface area (Å²) in [7, 11) is 0. The quantitative estimate of drug-likeness (QED) is 0.588. The number of benzene rings is 1. The molecule has 1 nitrogen and oxygen atoms in total. The van der Waals surface area contributed by atoms with Crippen molar-refractivity contribution in [1.82, 2.24) is 0 Å². The highest BCUT2D eigenvalue weighted by molar-refractivity contribution is 5.39. The number of fused-ring (bicyclic) bond motifs is 1. The number of aryl methyl sites for hydroxylation is 1. The van der Waals surface area contributed by atoms with Crippen molar-refractivity contribution in [3.05, 3.63) is 34.9 Å². The number of nitriles is 1. The zero-order valence-corrected chi connectivity index (χ0v) is 7.88. The summed E-state index contributed by atoms with van der Waals surface area (Å²) in [5, 5.41) is 8.76. The van der Waals surface area contributed by atoms with Gasteiger partial charge >= 0.3 is 0 Å². The summed E-state index contributed by atoms with van der Waals surface area (Å²) in [4.78, 5) is 0. The lowest BCUT2D eigenvalue weighted by atomic mass is 9.84. The molecule has 0 heterocycles. The molecule has 1 aliphatic carbocycles. The van der Waals surface area contributed by atoms with E-state index in [0.29, 0.717) is 0 Å². The normalized spacial score (nSPS) is 20.5. The Morgan fingerprint density at radius 3 is 3.00 bits per heavy atom. The second kappa shape index (κ2) is 3.22. The average molecular weight is 171 g/mol. The Labute approximate surface area is 79.0 Å². The minimum Gasteiger partial charge on any atom is -0.192 e. The minimum atomic E-state index is 0.779. The largest absolute Gasteiger partial charge is 0.192 e. The summed E-state index contributed by atoms with van der Waals surface area (Å²) >= 11 is 0. The van der Waals surface area contributed by atoms with Crippen molar-refractivity contribution in [3.63, 3.8) is 0 Å². The van der Waals surface area contributed by atoms with Crippen molar-refractivity contribution in [2.24, 2.45) is 5.92 Å². The molecule has 2 rings (SSSR count). The van der Waals surface area contributed by atoms with E-state index in [4.69, 9.17) is 5.26 Å². The molecule has 1 aromatic carbocycles. The van der Waals surface area contributed by atoms with Crippen LogP contribution in [0.15, 0.2) is 18.2 Å². The topological polar surface area (TPSA) is 23.8 Å². The van der Waals surface area contributed by atoms with E-state index in [9.17, 15) is 0 Å². The Morgan fingerprint density at radius 2 is 2.23 bits per heavy atom. The van der Waals surface area contributed by atoms with Crippen LogP contribution >= 0.6 is 0 Å². The Balaban J connectivity index is 2.39. The van der Waals surface area contributed by atoms with Gasteiger partial charge in [0.25, 0.3) is 0 Å². The molecular formula is C12H13N. The third-order valence-corrected chi connectivity index (χ3v) is 2.81. The number of hydrogen-bond donors (Lipinski definition) is 0. The number of rotatable bonds is 0. The molecule has 0 bridgehead atoms. The van der Waals surface area contributed by atoms with Crippen LogP contribution in [0.2, 0.25) is 0 Å². The fourth-order valence-corrected chi connectivity index (χ4v) is 2.01. The zero-order chi connectivity index (χ0) is 9.26. The van der Waals surface area contributed by atoms with E-state index < -0.39 is 0 Å². The average Bonchev–Trinajstić information content (AvgIpc) is 2.16. The fraction of sp³-hybridized carbons (Fsp3) is 0.417. The van der Waals surface area contributed by atoms with Crippen LogP contribution in [0.1, 0.15) is 30.0 Å². The molecule has 0 amide bonds. The van der Waals surface area contributed by atoms with Crippen LogP contribution in [0.5, 0.6) is 0 Å². The van der Waals surface area contributed by atoms with Crippen LogP contribution in [0.3, 0.4) is 0 Å². The molecule has 0 fully saturated rings. The van der Waals surface area contributed by atoms with Crippen LogP contribution in [-0.2, 0) is 12.8 Å². The van der Waals surface area contributed by atoms with Gasteiger partial charge in [-0.3, -0.25) is 0 Å². The highest BCUT2D eigenvalue weighted by Crippen LogP contribution is 2.25. The van der Waals surface area contributed by atoms with Crippen molar-refractivity contribution < 1.29 is 0 Å². The third-order valence-electron chi connectivity index (χ3n) is 2.81. The number of nitrogens with zero attached hydrogens (tertiary/aromatic N) is 1. The van der Waals surface area contributed by atoms with Crippen molar-refractivity contribution in [1.29, 1.82) is 5.26 Å². The van der Waals surface area contributed by atoms with Gasteiger partial charge in [-0.15, -0.1) is 0 Å². The smallest absolute Gasteiger partial charge is 0.0991 e. The van der Waals surface area contributed by atoms with Gasteiger partial charge in [-0.1, -0.05) is 13.0 Å². The van der Waals surface area contributed by atoms with E-state index in [1.165, 1.54) is 24.0 Å². The van der Waals surface area contributed by atoms with Crippen LogP contribution in [0.4, 0.5) is 0 Å². The van der Waals surface area contributed by atoms with E-state index >= 15 is 0 Å². The first kappa shape index (κ1) is 8.31. The molecule has 1 heteroatoms. The Kier molecular flexibility index (Phi) is 2.06. The summed E-state index contributed by atoms with van der Waals surface area (Å²) in [5.74, 6) is 0.779. The van der Waals surface area contributed by atoms with Crippen molar-refractivity contribution in [3.8, 4) is 6.07 Å². The monoisotopic (exact) mass is 171 g/mol. The van der Waals surface area contributed by atoms with E-state index in [1.807, 2.05) is 12.1 Å². The van der Waals surface area contributed by atoms with Crippen molar-refractivity contribution in [2.45, 2.75) is 26.2 Å². The van der Waals surface area contributed by atoms with Gasteiger partial charge in [-0.05, 0) is 48.4 Å². The second-order valence-corrected chi connectivity index (χ2v) is 3.94. The molecule has 1 aliphatic rings. The Hall–Kier alpha value is -1.29. The first-order valence-corrected chi connectivity index (χ1v) is 4.81. The summed E-state index contributed by atoms with van der Waals surface area (Å²) in [6.07, 6.45) is 3.62. The Bertz CT molecular complexity index is 360. The van der Waals surface area contributed by atoms with E-state index in [-0.39, 0.29) is 0 Å². The maximum atomic E-state index is 8.76. The molecule has 0 aliphatic heterocycles. The molecule has 0 N–H and O–H groups in total. The predicted octanol–water partition coefficient (Wildman–Crippen LogP) is 2.68. The first-order chi connectivity index (χ1) is 6.29. The van der Waals surface area contributed by atoms with Gasteiger partial charge in [0, 0.05) is 0 Å². The summed E-state index contributed by atoms with van der Waals surface area (Å²) in [5.41, 5.74) is 3.63. The van der Waals surface area contributed by atoms with E-state index in [2.05, 4.69) is 19.1 Å². The number of hydrogen-bond acceptors (Lipinski definition) is 1. The highest BCUT2D eigenvalue weighted by Gasteiger charge is 2.14. The molecule has 66 valence electrons. The van der Waals surface area contributed by atoms with Gasteiger partial charge in [0.1, 0.15) is 0 Å². The lowest BCUT2D eigenvalue weighted by molar-refractivity contribution is 0.501. The van der Waals surface area contributed by atoms with Crippen LogP contribution < -0.4 is 0 Å². The highest BCUT2D eigenvalue weighted by atomic mass is 14.2. The molecule has 0 aromatic heterocycles. The molecule has 13 heavy (non-hydrogen) atoms. The van der Waals surface area contributed by atoms with Gasteiger partial charge in [-0.25, -0.2) is 0 Å². The summed E-state index contributed by atoms with van der Waals surface area (Å²) in [6.45, 7) is 2.28. The summed E-state index contributed by atoms with van der Waals surface area (Å²) in [6, 6.07) is 8.27. The maximum absolute atomic E-state index is 8.76. The van der Waals surface area contributed by atoms with Gasteiger partial charge in [0.15, 0.2) is 0 Å². The van der Waals surface area contributed by atoms with Crippen LogP contribution in [0.25, 0.3) is 0 Å². The zero-order valence-electron chi connectivity index (χ0n) is 7.88. The first-order valence-electron chi connectivity index (χ1n) is 4.81. The molecule has 1 atom stereocenters. The minimum absolute atomic E-state index is 0.779. The fourth-order valence-electron chi connectivity index (χ4n) is 2.01. The van der Waals surface area contributed by atoms with E-state index in [0.717, 1.165) is 17.9 Å². The summed E-state index contributed by atoms with van der Waals surface area (Å²) < 4.78 is 0. The van der Waals surface area contributed by atoms with E-state index in [1.54, 1.807) is 0 Å².